The van der Waals surface area contributed by atoms with Crippen LogP contribution in [-0.2, 0) is 16.0 Å². The molecule has 1 fully saturated rings. The Bertz CT molecular complexity index is 696. The molecule has 128 valence electrons. The van der Waals surface area contributed by atoms with Crippen molar-refractivity contribution in [2.24, 2.45) is 0 Å². The number of nitrogens with one attached hydrogen (secondary N) is 1. The van der Waals surface area contributed by atoms with Gasteiger partial charge in [-0.05, 0) is 34.9 Å². The molecule has 24 heavy (non-hydrogen) atoms. The Hall–Kier alpha value is -2.11. The summed E-state index contributed by atoms with van der Waals surface area (Å²) < 4.78 is 11.3. The van der Waals surface area contributed by atoms with Gasteiger partial charge in [0, 0.05) is 26.6 Å². The van der Waals surface area contributed by atoms with Crippen LogP contribution < -0.4 is 10.1 Å². The molecule has 0 aromatic heterocycles. The fourth-order valence-electron chi connectivity index (χ4n) is 2.89. The lowest BCUT2D eigenvalue weighted by atomic mass is 10.0. The van der Waals surface area contributed by atoms with Crippen LogP contribution in [0.25, 0.3) is 10.8 Å². The van der Waals surface area contributed by atoms with E-state index < -0.39 is 0 Å². The minimum Gasteiger partial charge on any atom is -0.478 e. The van der Waals surface area contributed by atoms with E-state index in [1.165, 1.54) is 16.3 Å². The summed E-state index contributed by atoms with van der Waals surface area (Å²) in [4.78, 5) is 13.3. The van der Waals surface area contributed by atoms with Gasteiger partial charge in [-0.2, -0.15) is 0 Å². The first-order valence-electron chi connectivity index (χ1n) is 8.41. The van der Waals surface area contributed by atoms with Crippen molar-refractivity contribution >= 4 is 16.7 Å². The Labute approximate surface area is 142 Å². The second kappa shape index (κ2) is 8.13. The Balaban J connectivity index is 1.69. The van der Waals surface area contributed by atoms with E-state index in [4.69, 9.17) is 9.47 Å². The number of hydrogen-bond donors (Lipinski definition) is 1. The monoisotopic (exact) mass is 328 g/mol. The van der Waals surface area contributed by atoms with Crippen molar-refractivity contribution < 1.29 is 14.3 Å². The summed E-state index contributed by atoms with van der Waals surface area (Å²) in [5.74, 6) is 0.880. The maximum absolute atomic E-state index is 11.0. The van der Waals surface area contributed by atoms with Crippen LogP contribution in [0.5, 0.6) is 5.75 Å². The molecule has 2 aromatic carbocycles. The van der Waals surface area contributed by atoms with Gasteiger partial charge in [0.25, 0.3) is 0 Å². The average Bonchev–Trinajstić information content (AvgIpc) is 2.61. The third kappa shape index (κ3) is 4.46. The third-order valence-electron chi connectivity index (χ3n) is 4.23. The predicted molar refractivity (Wildman–Crippen MR) is 94.2 cm³/mol. The van der Waals surface area contributed by atoms with Crippen LogP contribution in [0, 0.1) is 0 Å². The second-order valence-electron chi connectivity index (χ2n) is 6.04. The molecule has 1 N–H and O–H groups in total. The maximum atomic E-state index is 11.0. The third-order valence-corrected chi connectivity index (χ3v) is 4.23. The van der Waals surface area contributed by atoms with E-state index in [1.54, 1.807) is 6.92 Å². The Morgan fingerprint density at radius 3 is 2.88 bits per heavy atom. The van der Waals surface area contributed by atoms with Gasteiger partial charge in [-0.1, -0.05) is 24.3 Å². The minimum atomic E-state index is 0.00442. The van der Waals surface area contributed by atoms with Crippen LogP contribution in [-0.4, -0.2) is 50.4 Å². The molecule has 0 spiro atoms. The van der Waals surface area contributed by atoms with Crippen LogP contribution in [0.4, 0.5) is 0 Å². The van der Waals surface area contributed by atoms with Crippen LogP contribution in [0.1, 0.15) is 12.5 Å². The molecule has 0 unspecified atom stereocenters. The minimum absolute atomic E-state index is 0.00442. The van der Waals surface area contributed by atoms with Crippen molar-refractivity contribution in [1.82, 2.24) is 10.2 Å². The zero-order valence-electron chi connectivity index (χ0n) is 14.1. The molecule has 1 aliphatic heterocycles. The molecule has 1 saturated heterocycles. The number of carbonyl (C=O) groups excluding carboxylic acids is 1. The molecule has 1 heterocycles. The standard InChI is InChI=1S/C19H24N2O3/c1-15(22)20-8-7-17-4-2-3-16-5-6-18(13-19(16)17)24-14-21-9-11-23-12-10-21/h2-6,13H,7-12,14H2,1H3,(H,20,22). The molecule has 0 atom stereocenters. The fraction of sp³-hybridized carbons (Fsp3) is 0.421. The number of benzene rings is 2. The van der Waals surface area contributed by atoms with E-state index >= 15 is 0 Å². The number of hydrogen-bond acceptors (Lipinski definition) is 4. The maximum Gasteiger partial charge on any atom is 0.216 e. The van der Waals surface area contributed by atoms with Crippen molar-refractivity contribution in [3.05, 3.63) is 42.0 Å². The van der Waals surface area contributed by atoms with Gasteiger partial charge in [-0.15, -0.1) is 0 Å². The van der Waals surface area contributed by atoms with E-state index in [-0.39, 0.29) is 5.91 Å². The highest BCUT2D eigenvalue weighted by Gasteiger charge is 2.11. The summed E-state index contributed by atoms with van der Waals surface area (Å²) in [6.07, 6.45) is 0.809. The molecule has 0 radical (unpaired) electrons. The summed E-state index contributed by atoms with van der Waals surface area (Å²) in [5.41, 5.74) is 1.22. The summed E-state index contributed by atoms with van der Waals surface area (Å²) >= 11 is 0. The highest BCUT2D eigenvalue weighted by molar-refractivity contribution is 5.87. The summed E-state index contributed by atoms with van der Waals surface area (Å²) in [7, 11) is 0. The highest BCUT2D eigenvalue weighted by Crippen LogP contribution is 2.24. The zero-order valence-corrected chi connectivity index (χ0v) is 14.1. The van der Waals surface area contributed by atoms with Gasteiger partial charge < -0.3 is 14.8 Å². The van der Waals surface area contributed by atoms with Crippen molar-refractivity contribution in [3.8, 4) is 5.75 Å². The largest absolute Gasteiger partial charge is 0.478 e. The quantitative estimate of drug-likeness (QED) is 0.883. The number of ether oxygens (including phenoxy) is 2. The van der Waals surface area contributed by atoms with E-state index in [0.29, 0.717) is 13.3 Å². The number of amides is 1. The van der Waals surface area contributed by atoms with E-state index in [2.05, 4.69) is 40.5 Å². The molecule has 1 amide bonds. The van der Waals surface area contributed by atoms with Crippen LogP contribution in [0.3, 0.4) is 0 Å². The number of rotatable bonds is 6. The van der Waals surface area contributed by atoms with Crippen LogP contribution >= 0.6 is 0 Å². The predicted octanol–water partition coefficient (Wildman–Crippen LogP) is 2.19. The molecule has 2 aromatic rings. The molecular weight excluding hydrogens is 304 g/mol. The Kier molecular flexibility index (Phi) is 5.67. The fourth-order valence-corrected chi connectivity index (χ4v) is 2.89. The highest BCUT2D eigenvalue weighted by atomic mass is 16.5. The molecule has 5 heteroatoms. The Morgan fingerprint density at radius 2 is 2.08 bits per heavy atom. The lowest BCUT2D eigenvalue weighted by Gasteiger charge is -2.26. The summed E-state index contributed by atoms with van der Waals surface area (Å²) in [6, 6.07) is 12.5. The van der Waals surface area contributed by atoms with Gasteiger partial charge in [0.1, 0.15) is 12.5 Å². The molecule has 1 aliphatic rings. The first kappa shape index (κ1) is 16.7. The number of morpholine rings is 1. The van der Waals surface area contributed by atoms with E-state index in [0.717, 1.165) is 38.5 Å². The van der Waals surface area contributed by atoms with Crippen molar-refractivity contribution in [3.63, 3.8) is 0 Å². The lowest BCUT2D eigenvalue weighted by molar-refractivity contribution is -0.118. The van der Waals surface area contributed by atoms with E-state index in [9.17, 15) is 4.79 Å². The number of nitrogens with zero attached hydrogens (tertiary/aromatic N) is 1. The first-order chi connectivity index (χ1) is 11.7. The van der Waals surface area contributed by atoms with Crippen molar-refractivity contribution in [2.45, 2.75) is 13.3 Å². The SMILES string of the molecule is CC(=O)NCCc1cccc2ccc(OCN3CCOCC3)cc12. The van der Waals surface area contributed by atoms with Gasteiger partial charge >= 0.3 is 0 Å². The summed E-state index contributed by atoms with van der Waals surface area (Å²) in [5, 5.41) is 5.22. The zero-order chi connectivity index (χ0) is 16.8. The lowest BCUT2D eigenvalue weighted by Crippen LogP contribution is -2.38. The first-order valence-corrected chi connectivity index (χ1v) is 8.41. The summed E-state index contributed by atoms with van der Waals surface area (Å²) in [6.45, 7) is 6.14. The van der Waals surface area contributed by atoms with Gasteiger partial charge in [0.05, 0.1) is 13.2 Å². The van der Waals surface area contributed by atoms with Gasteiger partial charge in [-0.3, -0.25) is 9.69 Å². The molecule has 0 saturated carbocycles. The normalized spacial score (nSPS) is 15.4. The number of fused-ring (bicyclic) bond motifs is 1. The van der Waals surface area contributed by atoms with E-state index in [1.807, 2.05) is 6.07 Å². The van der Waals surface area contributed by atoms with Gasteiger partial charge in [0.15, 0.2) is 0 Å². The second-order valence-corrected chi connectivity index (χ2v) is 6.04. The van der Waals surface area contributed by atoms with Crippen LogP contribution in [0.2, 0.25) is 0 Å². The molecule has 0 bridgehead atoms. The van der Waals surface area contributed by atoms with Crippen LogP contribution in [0.15, 0.2) is 36.4 Å². The smallest absolute Gasteiger partial charge is 0.216 e. The molecule has 5 nitrogen and oxygen atoms in total. The molecule has 3 rings (SSSR count). The topological polar surface area (TPSA) is 50.8 Å². The Morgan fingerprint density at radius 1 is 1.25 bits per heavy atom. The van der Waals surface area contributed by atoms with Gasteiger partial charge in [0.2, 0.25) is 5.91 Å². The molecule has 0 aliphatic carbocycles. The molecular formula is C19H24N2O3. The number of carbonyl (C=O) groups is 1. The average molecular weight is 328 g/mol. The van der Waals surface area contributed by atoms with Crippen molar-refractivity contribution in [2.75, 3.05) is 39.6 Å². The van der Waals surface area contributed by atoms with Crippen molar-refractivity contribution in [1.29, 1.82) is 0 Å². The van der Waals surface area contributed by atoms with Gasteiger partial charge in [-0.25, -0.2) is 0 Å².